The highest BCUT2D eigenvalue weighted by molar-refractivity contribution is 6.31. The Morgan fingerprint density at radius 3 is 2.73 bits per heavy atom. The van der Waals surface area contributed by atoms with Gasteiger partial charge in [-0.2, -0.15) is 0 Å². The molecule has 1 saturated heterocycles. The topological polar surface area (TPSA) is 50.2 Å². The van der Waals surface area contributed by atoms with Gasteiger partial charge >= 0.3 is 0 Å². The van der Waals surface area contributed by atoms with Gasteiger partial charge in [0, 0.05) is 37.3 Å². The average molecular weight is 369 g/mol. The number of carbonyl (C=O) groups is 1. The second-order valence-corrected chi connectivity index (χ2v) is 7.17. The lowest BCUT2D eigenvalue weighted by Crippen LogP contribution is -2.43. The maximum absolute atomic E-state index is 11.9. The molecular formula is C20H21ClN4O. The largest absolute Gasteiger partial charge is 0.379 e. The van der Waals surface area contributed by atoms with Gasteiger partial charge in [0.1, 0.15) is 11.3 Å². The van der Waals surface area contributed by atoms with Crippen LogP contribution in [0.1, 0.15) is 23.4 Å². The van der Waals surface area contributed by atoms with E-state index >= 15 is 0 Å². The van der Waals surface area contributed by atoms with Gasteiger partial charge in [-0.1, -0.05) is 23.7 Å². The van der Waals surface area contributed by atoms with E-state index in [0.29, 0.717) is 13.0 Å². The molecule has 0 atom stereocenters. The number of anilines is 2. The molecule has 0 bridgehead atoms. The Bertz CT molecular complexity index is 1000. The number of β-lactam (4-membered cyclic amide) rings is 1. The number of hydrogen-bond donors (Lipinski definition) is 1. The van der Waals surface area contributed by atoms with Crippen molar-refractivity contribution >= 4 is 39.9 Å². The van der Waals surface area contributed by atoms with Gasteiger partial charge in [0.05, 0.1) is 11.2 Å². The number of aromatic nitrogens is 2. The van der Waals surface area contributed by atoms with Crippen LogP contribution in [0.4, 0.5) is 11.4 Å². The van der Waals surface area contributed by atoms with Crippen molar-refractivity contribution < 1.29 is 4.79 Å². The highest BCUT2D eigenvalue weighted by atomic mass is 35.5. The summed E-state index contributed by atoms with van der Waals surface area (Å²) in [5.74, 6) is 1.10. The molecule has 3 aromatic rings. The molecule has 2 heterocycles. The molecule has 0 aliphatic carbocycles. The smallest absolute Gasteiger partial charge is 0.228 e. The van der Waals surface area contributed by atoms with E-state index < -0.39 is 0 Å². The van der Waals surface area contributed by atoms with Crippen molar-refractivity contribution in [2.24, 2.45) is 7.05 Å². The number of aryl methyl sites for hydroxylation is 3. The van der Waals surface area contributed by atoms with Gasteiger partial charge in [-0.05, 0) is 43.2 Å². The number of hydrogen-bond acceptors (Lipinski definition) is 3. The van der Waals surface area contributed by atoms with E-state index in [1.165, 1.54) is 0 Å². The number of rotatable bonds is 4. The van der Waals surface area contributed by atoms with Crippen LogP contribution in [-0.4, -0.2) is 22.0 Å². The van der Waals surface area contributed by atoms with Gasteiger partial charge in [0.2, 0.25) is 5.91 Å². The van der Waals surface area contributed by atoms with Crippen LogP contribution in [0, 0.1) is 13.8 Å². The van der Waals surface area contributed by atoms with Gasteiger partial charge in [-0.3, -0.25) is 4.79 Å². The first-order valence-corrected chi connectivity index (χ1v) is 9.09. The van der Waals surface area contributed by atoms with Crippen LogP contribution < -0.4 is 10.2 Å². The molecule has 1 aliphatic rings. The fourth-order valence-corrected chi connectivity index (χ4v) is 3.63. The molecular weight excluding hydrogens is 348 g/mol. The zero-order valence-electron chi connectivity index (χ0n) is 15.1. The van der Waals surface area contributed by atoms with Crippen LogP contribution in [-0.2, 0) is 18.4 Å². The third-order valence-electron chi connectivity index (χ3n) is 5.17. The number of nitrogens with zero attached hydrogens (tertiary/aromatic N) is 3. The van der Waals surface area contributed by atoms with E-state index in [-0.39, 0.29) is 5.91 Å². The van der Waals surface area contributed by atoms with E-state index in [1.807, 2.05) is 43.1 Å². The van der Waals surface area contributed by atoms with Gasteiger partial charge in [0.25, 0.3) is 0 Å². The average Bonchev–Trinajstić information content (AvgIpc) is 2.88. The fourth-order valence-electron chi connectivity index (χ4n) is 3.34. The van der Waals surface area contributed by atoms with Crippen LogP contribution >= 0.6 is 11.6 Å². The normalized spacial score (nSPS) is 14.0. The minimum Gasteiger partial charge on any atom is -0.379 e. The minimum absolute atomic E-state index is 0.163. The quantitative estimate of drug-likeness (QED) is 0.702. The summed E-state index contributed by atoms with van der Waals surface area (Å²) in [5, 5.41) is 4.24. The summed E-state index contributed by atoms with van der Waals surface area (Å²) in [4.78, 5) is 18.4. The van der Waals surface area contributed by atoms with Gasteiger partial charge < -0.3 is 14.8 Å². The molecule has 1 N–H and O–H groups in total. The monoisotopic (exact) mass is 368 g/mol. The zero-order chi connectivity index (χ0) is 18.4. The standard InChI is InChI=1S/C20H21ClN4O/c1-12-5-4-6-16(21)15(12)11-22-17-9-14(25-8-7-19(25)26)10-18-20(17)23-13(2)24(18)3/h4-6,9-10,22H,7-8,11H2,1-3H3. The lowest BCUT2D eigenvalue weighted by molar-refractivity contribution is -0.122. The molecule has 0 spiro atoms. The lowest BCUT2D eigenvalue weighted by Gasteiger charge is -2.31. The van der Waals surface area contributed by atoms with E-state index in [4.69, 9.17) is 16.6 Å². The van der Waals surface area contributed by atoms with Gasteiger partial charge in [0.15, 0.2) is 0 Å². The first-order valence-electron chi connectivity index (χ1n) is 8.71. The van der Waals surface area contributed by atoms with Crippen LogP contribution in [0.15, 0.2) is 30.3 Å². The zero-order valence-corrected chi connectivity index (χ0v) is 15.9. The van der Waals surface area contributed by atoms with Crippen molar-refractivity contribution in [3.63, 3.8) is 0 Å². The number of fused-ring (bicyclic) bond motifs is 1. The first-order chi connectivity index (χ1) is 12.5. The Morgan fingerprint density at radius 2 is 2.08 bits per heavy atom. The third kappa shape index (κ3) is 2.72. The molecule has 1 fully saturated rings. The molecule has 134 valence electrons. The summed E-state index contributed by atoms with van der Waals surface area (Å²) in [6.45, 7) is 5.41. The molecule has 0 unspecified atom stereocenters. The van der Waals surface area contributed by atoms with Crippen molar-refractivity contribution in [3.05, 3.63) is 52.3 Å². The second kappa shape index (κ2) is 6.32. The second-order valence-electron chi connectivity index (χ2n) is 6.76. The molecule has 0 saturated carbocycles. The molecule has 1 aromatic heterocycles. The summed E-state index contributed by atoms with van der Waals surface area (Å²) in [5.41, 5.74) is 5.97. The summed E-state index contributed by atoms with van der Waals surface area (Å²) in [6, 6.07) is 9.97. The molecule has 5 nitrogen and oxygen atoms in total. The van der Waals surface area contributed by atoms with Crippen LogP contribution in [0.2, 0.25) is 5.02 Å². The van der Waals surface area contributed by atoms with Crippen molar-refractivity contribution in [3.8, 4) is 0 Å². The third-order valence-corrected chi connectivity index (χ3v) is 5.52. The molecule has 6 heteroatoms. The molecule has 4 rings (SSSR count). The van der Waals surface area contributed by atoms with Crippen molar-refractivity contribution in [1.29, 1.82) is 0 Å². The number of benzene rings is 2. The number of carbonyl (C=O) groups excluding carboxylic acids is 1. The van der Waals surface area contributed by atoms with Crippen molar-refractivity contribution in [2.45, 2.75) is 26.8 Å². The van der Waals surface area contributed by atoms with Crippen LogP contribution in [0.5, 0.6) is 0 Å². The van der Waals surface area contributed by atoms with E-state index in [9.17, 15) is 4.79 Å². The molecule has 1 amide bonds. The van der Waals surface area contributed by atoms with E-state index in [2.05, 4.69) is 22.9 Å². The number of halogens is 1. The highest BCUT2D eigenvalue weighted by Crippen LogP contribution is 2.33. The summed E-state index contributed by atoms with van der Waals surface area (Å²) >= 11 is 6.36. The Hall–Kier alpha value is -2.53. The van der Waals surface area contributed by atoms with E-state index in [0.717, 1.165) is 50.9 Å². The SMILES string of the molecule is Cc1cccc(Cl)c1CNc1cc(N2CCC2=O)cc2c1nc(C)n2C. The Kier molecular flexibility index (Phi) is 4.11. The summed E-state index contributed by atoms with van der Waals surface area (Å²) < 4.78 is 2.05. The summed E-state index contributed by atoms with van der Waals surface area (Å²) in [6.07, 6.45) is 0.615. The predicted molar refractivity (Wildman–Crippen MR) is 106 cm³/mol. The minimum atomic E-state index is 0.163. The Balaban J connectivity index is 1.75. The summed E-state index contributed by atoms with van der Waals surface area (Å²) in [7, 11) is 1.99. The van der Waals surface area contributed by atoms with E-state index in [1.54, 1.807) is 0 Å². The predicted octanol–water partition coefficient (Wildman–Crippen LogP) is 4.19. The Labute approximate surface area is 157 Å². The first kappa shape index (κ1) is 16.9. The lowest BCUT2D eigenvalue weighted by atomic mass is 10.1. The molecule has 2 aromatic carbocycles. The molecule has 26 heavy (non-hydrogen) atoms. The van der Waals surface area contributed by atoms with Gasteiger partial charge in [-0.25, -0.2) is 4.98 Å². The van der Waals surface area contributed by atoms with Crippen molar-refractivity contribution in [2.75, 3.05) is 16.8 Å². The van der Waals surface area contributed by atoms with Crippen LogP contribution in [0.25, 0.3) is 11.0 Å². The maximum Gasteiger partial charge on any atom is 0.228 e. The van der Waals surface area contributed by atoms with Crippen molar-refractivity contribution in [1.82, 2.24) is 9.55 Å². The molecule has 0 radical (unpaired) electrons. The number of amides is 1. The van der Waals surface area contributed by atoms with Crippen LogP contribution in [0.3, 0.4) is 0 Å². The fraction of sp³-hybridized carbons (Fsp3) is 0.300. The highest BCUT2D eigenvalue weighted by Gasteiger charge is 2.26. The van der Waals surface area contributed by atoms with Gasteiger partial charge in [-0.15, -0.1) is 0 Å². The number of imidazole rings is 1. The molecule has 1 aliphatic heterocycles. The maximum atomic E-state index is 11.9. The number of nitrogens with one attached hydrogen (secondary N) is 1. The Morgan fingerprint density at radius 1 is 1.27 bits per heavy atom.